The number of benzene rings is 3. The molecular weight excluding hydrogens is 544 g/mol. The smallest absolute Gasteiger partial charge is 0.343 e. The SMILES string of the molecule is C=CCc1cc(C(C)(C)c2ccc(C(C)(C)CC)c(CC=C)c2)ccc1OC(=O)c1ccc(C(=O)OC(C)(C)CCC)cc1. The standard InChI is InChI=1S/C40H50O4/c1-11-15-30-26-32(21-23-34(30)38(5,6)14-4)40(9,10)33-22-24-35(31(27-33)16-12-2)43-36(41)28-17-19-29(20-18-28)37(42)44-39(7,8)25-13-3/h11-12,17-24,26-27H,1-2,13-16,25H2,3-10H3. The molecule has 0 N–H and O–H groups in total. The van der Waals surface area contributed by atoms with Crippen LogP contribution in [0.15, 0.2) is 86.0 Å². The van der Waals surface area contributed by atoms with Crippen LogP contribution >= 0.6 is 0 Å². The minimum Gasteiger partial charge on any atom is -0.456 e. The van der Waals surface area contributed by atoms with E-state index in [1.54, 1.807) is 24.3 Å². The van der Waals surface area contributed by atoms with Crippen LogP contribution in [0.2, 0.25) is 0 Å². The lowest BCUT2D eigenvalue weighted by atomic mass is 9.73. The van der Waals surface area contributed by atoms with Gasteiger partial charge >= 0.3 is 11.9 Å². The van der Waals surface area contributed by atoms with E-state index in [9.17, 15) is 9.59 Å². The van der Waals surface area contributed by atoms with Crippen LogP contribution in [0.5, 0.6) is 5.75 Å². The van der Waals surface area contributed by atoms with Gasteiger partial charge in [-0.15, -0.1) is 13.2 Å². The molecule has 0 bridgehead atoms. The first-order valence-corrected chi connectivity index (χ1v) is 15.7. The van der Waals surface area contributed by atoms with Crippen molar-refractivity contribution in [3.05, 3.63) is 125 Å². The summed E-state index contributed by atoms with van der Waals surface area (Å²) in [6.07, 6.45) is 7.90. The van der Waals surface area contributed by atoms with E-state index >= 15 is 0 Å². The number of hydrogen-bond donors (Lipinski definition) is 0. The predicted molar refractivity (Wildman–Crippen MR) is 182 cm³/mol. The third-order valence-electron chi connectivity index (χ3n) is 8.73. The highest BCUT2D eigenvalue weighted by Gasteiger charge is 2.28. The first-order valence-electron chi connectivity index (χ1n) is 15.7. The maximum atomic E-state index is 13.1. The van der Waals surface area contributed by atoms with Crippen LogP contribution in [-0.4, -0.2) is 17.5 Å². The summed E-state index contributed by atoms with van der Waals surface area (Å²) in [6.45, 7) is 25.0. The number of carbonyl (C=O) groups is 2. The third kappa shape index (κ3) is 8.16. The van der Waals surface area contributed by atoms with Gasteiger partial charge in [0.05, 0.1) is 11.1 Å². The second-order valence-electron chi connectivity index (χ2n) is 13.4. The van der Waals surface area contributed by atoms with E-state index < -0.39 is 17.5 Å². The molecule has 0 unspecified atom stereocenters. The van der Waals surface area contributed by atoms with Gasteiger partial charge in [-0.25, -0.2) is 9.59 Å². The highest BCUT2D eigenvalue weighted by Crippen LogP contribution is 2.38. The minimum atomic E-state index is -0.547. The molecule has 0 aliphatic heterocycles. The van der Waals surface area contributed by atoms with Crippen molar-refractivity contribution >= 4 is 11.9 Å². The molecule has 0 atom stereocenters. The van der Waals surface area contributed by atoms with Crippen LogP contribution in [0.1, 0.15) is 123 Å². The Morgan fingerprint density at radius 3 is 1.80 bits per heavy atom. The van der Waals surface area contributed by atoms with Gasteiger partial charge in [-0.05, 0) is 103 Å². The molecule has 0 saturated heterocycles. The molecule has 0 spiro atoms. The summed E-state index contributed by atoms with van der Waals surface area (Å²) in [5.41, 5.74) is 5.88. The van der Waals surface area contributed by atoms with Gasteiger partial charge in [0, 0.05) is 5.41 Å². The Labute approximate surface area is 265 Å². The fourth-order valence-corrected chi connectivity index (χ4v) is 5.57. The number of carbonyl (C=O) groups excluding carboxylic acids is 2. The molecule has 3 aromatic rings. The van der Waals surface area contributed by atoms with Gasteiger partial charge < -0.3 is 9.47 Å². The summed E-state index contributed by atoms with van der Waals surface area (Å²) in [5.74, 6) is -0.404. The van der Waals surface area contributed by atoms with Crippen molar-refractivity contribution in [2.45, 2.75) is 104 Å². The van der Waals surface area contributed by atoms with Crippen LogP contribution in [0.3, 0.4) is 0 Å². The van der Waals surface area contributed by atoms with Gasteiger partial charge in [0.1, 0.15) is 11.4 Å². The predicted octanol–water partition coefficient (Wildman–Crippen LogP) is 10.1. The summed E-state index contributed by atoms with van der Waals surface area (Å²) in [6, 6.07) is 19.2. The van der Waals surface area contributed by atoms with Crippen molar-refractivity contribution in [3.63, 3.8) is 0 Å². The van der Waals surface area contributed by atoms with Gasteiger partial charge in [0.15, 0.2) is 0 Å². The Bertz CT molecular complexity index is 1490. The van der Waals surface area contributed by atoms with E-state index in [0.717, 1.165) is 36.8 Å². The summed E-state index contributed by atoms with van der Waals surface area (Å²) >= 11 is 0. The molecule has 3 aromatic carbocycles. The summed E-state index contributed by atoms with van der Waals surface area (Å²) in [7, 11) is 0. The molecule has 0 fully saturated rings. The summed E-state index contributed by atoms with van der Waals surface area (Å²) < 4.78 is 11.5. The van der Waals surface area contributed by atoms with Crippen LogP contribution in [0, 0.1) is 0 Å². The fraction of sp³-hybridized carbons (Fsp3) is 0.400. The molecular formula is C40H50O4. The van der Waals surface area contributed by atoms with E-state index in [2.05, 4.69) is 79.0 Å². The van der Waals surface area contributed by atoms with Crippen LogP contribution in [0.4, 0.5) is 0 Å². The van der Waals surface area contributed by atoms with E-state index in [4.69, 9.17) is 9.47 Å². The van der Waals surface area contributed by atoms with Crippen LogP contribution in [-0.2, 0) is 28.4 Å². The molecule has 0 amide bonds. The Morgan fingerprint density at radius 1 is 0.727 bits per heavy atom. The second-order valence-corrected chi connectivity index (χ2v) is 13.4. The van der Waals surface area contributed by atoms with Crippen LogP contribution in [0.25, 0.3) is 0 Å². The Morgan fingerprint density at radius 2 is 1.25 bits per heavy atom. The number of rotatable bonds is 14. The average molecular weight is 595 g/mol. The van der Waals surface area contributed by atoms with Crippen molar-refractivity contribution < 1.29 is 19.1 Å². The molecule has 0 aliphatic carbocycles. The molecule has 0 radical (unpaired) electrons. The number of allylic oxidation sites excluding steroid dienone is 2. The highest BCUT2D eigenvalue weighted by molar-refractivity contribution is 5.94. The maximum Gasteiger partial charge on any atom is 0.343 e. The first-order chi connectivity index (χ1) is 20.7. The topological polar surface area (TPSA) is 52.6 Å². The van der Waals surface area contributed by atoms with Crippen molar-refractivity contribution in [1.29, 1.82) is 0 Å². The summed E-state index contributed by atoms with van der Waals surface area (Å²) in [5, 5.41) is 0. The highest BCUT2D eigenvalue weighted by atomic mass is 16.6. The molecule has 4 nitrogen and oxygen atoms in total. The Balaban J connectivity index is 1.86. The van der Waals surface area contributed by atoms with Gasteiger partial charge in [-0.3, -0.25) is 0 Å². The normalized spacial score (nSPS) is 12.0. The van der Waals surface area contributed by atoms with E-state index in [0.29, 0.717) is 23.3 Å². The quantitative estimate of drug-likeness (QED) is 0.106. The lowest BCUT2D eigenvalue weighted by Crippen LogP contribution is -2.27. The molecule has 44 heavy (non-hydrogen) atoms. The van der Waals surface area contributed by atoms with Crippen LogP contribution < -0.4 is 4.74 Å². The molecule has 0 aliphatic rings. The Hall–Kier alpha value is -3.92. The lowest BCUT2D eigenvalue weighted by Gasteiger charge is -2.31. The maximum absolute atomic E-state index is 13.1. The Kier molecular flexibility index (Phi) is 11.2. The lowest BCUT2D eigenvalue weighted by molar-refractivity contribution is -0.00475. The molecule has 3 rings (SSSR count). The van der Waals surface area contributed by atoms with Gasteiger partial charge in [-0.2, -0.15) is 0 Å². The van der Waals surface area contributed by atoms with E-state index in [1.165, 1.54) is 16.7 Å². The van der Waals surface area contributed by atoms with Crippen molar-refractivity contribution in [3.8, 4) is 5.75 Å². The fourth-order valence-electron chi connectivity index (χ4n) is 5.57. The van der Waals surface area contributed by atoms with Gasteiger partial charge in [-0.1, -0.05) is 90.4 Å². The van der Waals surface area contributed by atoms with Crippen molar-refractivity contribution in [2.24, 2.45) is 0 Å². The molecule has 234 valence electrons. The zero-order valence-corrected chi connectivity index (χ0v) is 28.0. The third-order valence-corrected chi connectivity index (χ3v) is 8.73. The average Bonchev–Trinajstić information content (AvgIpc) is 2.97. The van der Waals surface area contributed by atoms with Gasteiger partial charge in [0.25, 0.3) is 0 Å². The number of esters is 2. The van der Waals surface area contributed by atoms with Gasteiger partial charge in [0.2, 0.25) is 0 Å². The van der Waals surface area contributed by atoms with E-state index in [-0.39, 0.29) is 10.8 Å². The molecule has 0 aromatic heterocycles. The molecule has 4 heteroatoms. The number of hydrogen-bond acceptors (Lipinski definition) is 4. The monoisotopic (exact) mass is 594 g/mol. The first kappa shape index (κ1) is 34.6. The van der Waals surface area contributed by atoms with E-state index in [1.807, 2.05) is 38.1 Å². The zero-order valence-electron chi connectivity index (χ0n) is 28.0. The summed E-state index contributed by atoms with van der Waals surface area (Å²) in [4.78, 5) is 25.7. The molecule has 0 saturated carbocycles. The number of ether oxygens (including phenoxy) is 2. The zero-order chi connectivity index (χ0) is 32.7. The van der Waals surface area contributed by atoms with Crippen molar-refractivity contribution in [1.82, 2.24) is 0 Å². The molecule has 0 heterocycles. The van der Waals surface area contributed by atoms with Crippen molar-refractivity contribution in [2.75, 3.05) is 0 Å². The second kappa shape index (κ2) is 14.2. The largest absolute Gasteiger partial charge is 0.456 e. The minimum absolute atomic E-state index is 0.0822.